The lowest BCUT2D eigenvalue weighted by molar-refractivity contribution is -0.124. The molecule has 1 N–H and O–H groups in total. The molecule has 2 heterocycles. The Labute approximate surface area is 174 Å². The molecule has 4 aromatic rings. The fourth-order valence-corrected chi connectivity index (χ4v) is 4.82. The van der Waals surface area contributed by atoms with Crippen LogP contribution in [0.1, 0.15) is 24.2 Å². The molecule has 1 amide bonds. The largest absolute Gasteiger partial charge is 0.350 e. The van der Waals surface area contributed by atoms with Gasteiger partial charge in [0.25, 0.3) is 5.56 Å². The van der Waals surface area contributed by atoms with Gasteiger partial charge in [-0.1, -0.05) is 46.3 Å². The van der Waals surface area contributed by atoms with Crippen molar-refractivity contribution in [2.45, 2.75) is 26.4 Å². The van der Waals surface area contributed by atoms with Crippen LogP contribution in [0.25, 0.3) is 20.2 Å². The Morgan fingerprint density at radius 3 is 2.82 bits per heavy atom. The highest BCUT2D eigenvalue weighted by Crippen LogP contribution is 2.32. The number of halogens is 1. The quantitative estimate of drug-likeness (QED) is 0.490. The van der Waals surface area contributed by atoms with E-state index in [9.17, 15) is 9.59 Å². The van der Waals surface area contributed by atoms with Gasteiger partial charge >= 0.3 is 0 Å². The number of hydrogen-bond donors (Lipinski definition) is 1. The number of hydrogen-bond acceptors (Lipinski definition) is 4. The van der Waals surface area contributed by atoms with Gasteiger partial charge in [0, 0.05) is 21.1 Å². The average Bonchev–Trinajstić information content (AvgIpc) is 3.09. The summed E-state index contributed by atoms with van der Waals surface area (Å²) in [4.78, 5) is 25.8. The average molecular weight is 456 g/mol. The molecule has 1 unspecified atom stereocenters. The van der Waals surface area contributed by atoms with Crippen LogP contribution in [0.4, 0.5) is 0 Å². The lowest BCUT2D eigenvalue weighted by Gasteiger charge is -2.15. The van der Waals surface area contributed by atoms with Crippen LogP contribution in [0, 0.1) is 6.92 Å². The molecule has 7 heteroatoms. The van der Waals surface area contributed by atoms with Gasteiger partial charge in [0.15, 0.2) is 0 Å². The standard InChI is InChI=1S/C21H18BrN3O2S/c1-12-19-18(16-8-3-4-9-17(16)28-19)21(27)25(24-12)13(2)20(26)23-11-14-6-5-7-15(22)10-14/h3-10,13H,11H2,1-2H3,(H,23,26). The summed E-state index contributed by atoms with van der Waals surface area (Å²) in [5.74, 6) is -0.243. The van der Waals surface area contributed by atoms with E-state index in [0.29, 0.717) is 11.9 Å². The number of nitrogens with zero attached hydrogens (tertiary/aromatic N) is 2. The van der Waals surface area contributed by atoms with Gasteiger partial charge in [-0.2, -0.15) is 5.10 Å². The molecule has 0 spiro atoms. The summed E-state index contributed by atoms with van der Waals surface area (Å²) < 4.78 is 4.18. The molecule has 0 radical (unpaired) electrons. The molecule has 1 atom stereocenters. The molecule has 0 aliphatic rings. The molecule has 5 nitrogen and oxygen atoms in total. The van der Waals surface area contributed by atoms with Crippen molar-refractivity contribution in [3.8, 4) is 0 Å². The third-order valence-electron chi connectivity index (χ3n) is 4.71. The van der Waals surface area contributed by atoms with E-state index in [4.69, 9.17) is 0 Å². The fraction of sp³-hybridized carbons (Fsp3) is 0.190. The highest BCUT2D eigenvalue weighted by molar-refractivity contribution is 9.10. The molecular formula is C21H18BrN3O2S. The molecule has 4 rings (SSSR count). The van der Waals surface area contributed by atoms with Crippen LogP contribution in [0.2, 0.25) is 0 Å². The summed E-state index contributed by atoms with van der Waals surface area (Å²) in [5.41, 5.74) is 1.50. The molecule has 142 valence electrons. The number of carbonyl (C=O) groups is 1. The maximum Gasteiger partial charge on any atom is 0.276 e. The van der Waals surface area contributed by atoms with E-state index in [0.717, 1.165) is 30.5 Å². The maximum absolute atomic E-state index is 13.1. The van der Waals surface area contributed by atoms with Gasteiger partial charge < -0.3 is 5.32 Å². The van der Waals surface area contributed by atoms with Gasteiger partial charge in [0.2, 0.25) is 5.91 Å². The highest BCUT2D eigenvalue weighted by atomic mass is 79.9. The maximum atomic E-state index is 13.1. The molecule has 0 aliphatic carbocycles. The van der Waals surface area contributed by atoms with Crippen LogP contribution in [-0.4, -0.2) is 15.7 Å². The number of thiophene rings is 1. The van der Waals surface area contributed by atoms with E-state index in [-0.39, 0.29) is 11.5 Å². The first-order valence-corrected chi connectivity index (χ1v) is 10.5. The van der Waals surface area contributed by atoms with E-state index in [1.165, 1.54) is 4.68 Å². The Morgan fingerprint density at radius 2 is 2.04 bits per heavy atom. The Kier molecular flexibility index (Phi) is 5.03. The smallest absolute Gasteiger partial charge is 0.276 e. The molecule has 2 aromatic heterocycles. The molecule has 0 saturated carbocycles. The van der Waals surface area contributed by atoms with Gasteiger partial charge in [0.05, 0.1) is 15.8 Å². The van der Waals surface area contributed by atoms with Crippen molar-refractivity contribution in [2.24, 2.45) is 0 Å². The van der Waals surface area contributed by atoms with Crippen molar-refractivity contribution in [3.63, 3.8) is 0 Å². The van der Waals surface area contributed by atoms with Gasteiger partial charge in [-0.25, -0.2) is 4.68 Å². The third kappa shape index (κ3) is 3.36. The lowest BCUT2D eigenvalue weighted by Crippen LogP contribution is -2.37. The second-order valence-electron chi connectivity index (χ2n) is 6.66. The first-order chi connectivity index (χ1) is 13.5. The molecule has 0 saturated heterocycles. The molecule has 2 aromatic carbocycles. The minimum absolute atomic E-state index is 0.233. The molecule has 0 fully saturated rings. The normalized spacial score (nSPS) is 12.4. The van der Waals surface area contributed by atoms with Crippen LogP contribution in [0.3, 0.4) is 0 Å². The molecular weight excluding hydrogens is 438 g/mol. The number of aromatic nitrogens is 2. The summed E-state index contributed by atoms with van der Waals surface area (Å²) in [6.45, 7) is 3.96. The molecule has 0 aliphatic heterocycles. The van der Waals surface area contributed by atoms with Crippen molar-refractivity contribution >= 4 is 53.3 Å². The summed E-state index contributed by atoms with van der Waals surface area (Å²) >= 11 is 4.98. The predicted molar refractivity (Wildman–Crippen MR) is 117 cm³/mol. The summed E-state index contributed by atoms with van der Waals surface area (Å²) in [5, 5.41) is 8.88. The minimum atomic E-state index is -0.707. The Balaban J connectivity index is 1.68. The zero-order chi connectivity index (χ0) is 19.8. The van der Waals surface area contributed by atoms with E-state index >= 15 is 0 Å². The van der Waals surface area contributed by atoms with Crippen LogP contribution >= 0.6 is 27.3 Å². The second kappa shape index (κ2) is 7.48. The number of fused-ring (bicyclic) bond motifs is 3. The number of aryl methyl sites for hydroxylation is 1. The highest BCUT2D eigenvalue weighted by Gasteiger charge is 2.21. The second-order valence-corrected chi connectivity index (χ2v) is 8.63. The van der Waals surface area contributed by atoms with Crippen LogP contribution in [0.15, 0.2) is 57.8 Å². The van der Waals surface area contributed by atoms with Crippen molar-refractivity contribution in [1.29, 1.82) is 0 Å². The van der Waals surface area contributed by atoms with Crippen LogP contribution in [-0.2, 0) is 11.3 Å². The topological polar surface area (TPSA) is 64.0 Å². The van der Waals surface area contributed by atoms with E-state index in [1.807, 2.05) is 55.5 Å². The van der Waals surface area contributed by atoms with Crippen molar-refractivity contribution < 1.29 is 4.79 Å². The predicted octanol–water partition coefficient (Wildman–Crippen LogP) is 4.56. The zero-order valence-electron chi connectivity index (χ0n) is 15.4. The van der Waals surface area contributed by atoms with E-state index < -0.39 is 6.04 Å². The van der Waals surface area contributed by atoms with Gasteiger partial charge in [-0.15, -0.1) is 11.3 Å². The van der Waals surface area contributed by atoms with Crippen molar-refractivity contribution in [3.05, 3.63) is 74.6 Å². The number of rotatable bonds is 4. The fourth-order valence-electron chi connectivity index (χ4n) is 3.24. The SMILES string of the molecule is Cc1nn(C(C)C(=O)NCc2cccc(Br)c2)c(=O)c2c1sc1ccccc12. The minimum Gasteiger partial charge on any atom is -0.350 e. The van der Waals surface area contributed by atoms with Crippen molar-refractivity contribution in [1.82, 2.24) is 15.1 Å². The third-order valence-corrected chi connectivity index (χ3v) is 6.48. The van der Waals surface area contributed by atoms with E-state index in [2.05, 4.69) is 26.3 Å². The van der Waals surface area contributed by atoms with E-state index in [1.54, 1.807) is 18.3 Å². The van der Waals surface area contributed by atoms with Gasteiger partial charge in [-0.3, -0.25) is 9.59 Å². The van der Waals surface area contributed by atoms with Crippen LogP contribution < -0.4 is 10.9 Å². The summed E-state index contributed by atoms with van der Waals surface area (Å²) in [7, 11) is 0. The number of carbonyl (C=O) groups excluding carboxylic acids is 1. The lowest BCUT2D eigenvalue weighted by atomic mass is 10.2. The first kappa shape index (κ1) is 18.8. The zero-order valence-corrected chi connectivity index (χ0v) is 17.8. The van der Waals surface area contributed by atoms with Crippen molar-refractivity contribution in [2.75, 3.05) is 0 Å². The van der Waals surface area contributed by atoms with Gasteiger partial charge in [-0.05, 0) is 37.6 Å². The number of benzene rings is 2. The number of amides is 1. The number of nitrogens with one attached hydrogen (secondary N) is 1. The Bertz CT molecular complexity index is 1260. The Morgan fingerprint density at radius 1 is 1.25 bits per heavy atom. The molecule has 28 heavy (non-hydrogen) atoms. The molecule has 0 bridgehead atoms. The monoisotopic (exact) mass is 455 g/mol. The van der Waals surface area contributed by atoms with Gasteiger partial charge in [0.1, 0.15) is 6.04 Å². The first-order valence-electron chi connectivity index (χ1n) is 8.88. The summed E-state index contributed by atoms with van der Waals surface area (Å²) in [6, 6.07) is 14.8. The Hall–Kier alpha value is -2.51. The van der Waals surface area contributed by atoms with Crippen LogP contribution in [0.5, 0.6) is 0 Å². The summed E-state index contributed by atoms with van der Waals surface area (Å²) in [6.07, 6.45) is 0.